The number of carbonyl (C=O) groups excluding carboxylic acids is 1. The van der Waals surface area contributed by atoms with Crippen LogP contribution in [0.25, 0.3) is 0 Å². The molecule has 0 aromatic rings. The monoisotopic (exact) mass is 206 g/mol. The molecule has 0 aliphatic carbocycles. The molecule has 3 heteroatoms. The van der Waals surface area contributed by atoms with Crippen LogP contribution in [0.2, 0.25) is 0 Å². The van der Waals surface area contributed by atoms with Gasteiger partial charge in [-0.1, -0.05) is 24.3 Å². The van der Waals surface area contributed by atoms with Crippen LogP contribution in [0.4, 0.5) is 0 Å². The van der Waals surface area contributed by atoms with Crippen LogP contribution in [0.15, 0.2) is 24.3 Å². The van der Waals surface area contributed by atoms with E-state index in [1.54, 1.807) is 0 Å². The molecule has 82 valence electrons. The highest BCUT2D eigenvalue weighted by molar-refractivity contribution is 5.78. The quantitative estimate of drug-likeness (QED) is 0.630. The third-order valence-corrected chi connectivity index (χ3v) is 3.00. The first kappa shape index (κ1) is 10.4. The van der Waals surface area contributed by atoms with Gasteiger partial charge in [-0.25, -0.2) is 0 Å². The van der Waals surface area contributed by atoms with Gasteiger partial charge in [-0.2, -0.15) is 0 Å². The smallest absolute Gasteiger partial charge is 0.237 e. The highest BCUT2D eigenvalue weighted by Crippen LogP contribution is 2.13. The third kappa shape index (κ3) is 2.69. The van der Waals surface area contributed by atoms with E-state index < -0.39 is 0 Å². The Morgan fingerprint density at radius 3 is 2.87 bits per heavy atom. The van der Waals surface area contributed by atoms with E-state index in [0.29, 0.717) is 6.54 Å². The minimum atomic E-state index is 0.258. The highest BCUT2D eigenvalue weighted by atomic mass is 16.2. The summed E-state index contributed by atoms with van der Waals surface area (Å²) < 4.78 is 0. The van der Waals surface area contributed by atoms with Crippen molar-refractivity contribution in [3.63, 3.8) is 0 Å². The second-order valence-electron chi connectivity index (χ2n) is 4.31. The predicted octanol–water partition coefficient (Wildman–Crippen LogP) is 1.04. The van der Waals surface area contributed by atoms with Gasteiger partial charge in [0.15, 0.2) is 0 Å². The molecule has 2 rings (SSSR count). The topological polar surface area (TPSA) is 23.6 Å². The van der Waals surface area contributed by atoms with Gasteiger partial charge in [0.05, 0.1) is 6.54 Å². The van der Waals surface area contributed by atoms with E-state index in [0.717, 1.165) is 39.0 Å². The van der Waals surface area contributed by atoms with Gasteiger partial charge in [0, 0.05) is 26.2 Å². The molecule has 2 heterocycles. The van der Waals surface area contributed by atoms with Crippen molar-refractivity contribution in [2.75, 3.05) is 32.7 Å². The molecule has 0 radical (unpaired) electrons. The van der Waals surface area contributed by atoms with Crippen molar-refractivity contribution in [1.82, 2.24) is 9.80 Å². The summed E-state index contributed by atoms with van der Waals surface area (Å²) in [6, 6.07) is 0. The summed E-state index contributed by atoms with van der Waals surface area (Å²) >= 11 is 0. The van der Waals surface area contributed by atoms with Crippen LogP contribution < -0.4 is 0 Å². The van der Waals surface area contributed by atoms with E-state index in [1.165, 1.54) is 5.57 Å². The van der Waals surface area contributed by atoms with Crippen molar-refractivity contribution in [1.29, 1.82) is 0 Å². The molecule has 1 saturated heterocycles. The van der Waals surface area contributed by atoms with E-state index in [2.05, 4.69) is 23.6 Å². The zero-order valence-electron chi connectivity index (χ0n) is 9.11. The van der Waals surface area contributed by atoms with E-state index >= 15 is 0 Å². The van der Waals surface area contributed by atoms with E-state index in [1.807, 2.05) is 4.90 Å². The molecular weight excluding hydrogens is 188 g/mol. The zero-order valence-corrected chi connectivity index (χ0v) is 9.11. The Hall–Kier alpha value is -1.09. The molecule has 3 nitrogen and oxygen atoms in total. The first-order chi connectivity index (χ1) is 7.25. The van der Waals surface area contributed by atoms with Crippen LogP contribution in [-0.4, -0.2) is 48.4 Å². The Bertz CT molecular complexity index is 296. The fraction of sp³-hybridized carbons (Fsp3) is 0.583. The summed E-state index contributed by atoms with van der Waals surface area (Å²) in [5.74, 6) is 0.258. The number of rotatable bonds is 2. The second-order valence-corrected chi connectivity index (χ2v) is 4.31. The Balaban J connectivity index is 1.81. The summed E-state index contributed by atoms with van der Waals surface area (Å²) in [6.45, 7) is 8.07. The summed E-state index contributed by atoms with van der Waals surface area (Å²) in [6.07, 6.45) is 6.26. The van der Waals surface area contributed by atoms with Crippen LogP contribution in [-0.2, 0) is 4.79 Å². The van der Waals surface area contributed by atoms with Crippen LogP contribution in [0, 0.1) is 0 Å². The fourth-order valence-corrected chi connectivity index (χ4v) is 2.08. The molecule has 0 spiro atoms. The number of hydrogen-bond acceptors (Lipinski definition) is 2. The average molecular weight is 206 g/mol. The van der Waals surface area contributed by atoms with Crippen molar-refractivity contribution in [2.24, 2.45) is 0 Å². The number of likely N-dealkylation sites (tertiary alicyclic amines) is 1. The number of carbonyl (C=O) groups is 1. The van der Waals surface area contributed by atoms with Crippen LogP contribution in [0.3, 0.4) is 0 Å². The van der Waals surface area contributed by atoms with E-state index in [9.17, 15) is 4.79 Å². The minimum absolute atomic E-state index is 0.258. The van der Waals surface area contributed by atoms with Gasteiger partial charge in [0.2, 0.25) is 5.91 Å². The fourth-order valence-electron chi connectivity index (χ4n) is 2.08. The normalized spacial score (nSPS) is 22.4. The zero-order chi connectivity index (χ0) is 10.7. The van der Waals surface area contributed by atoms with Gasteiger partial charge in [0.1, 0.15) is 0 Å². The Morgan fingerprint density at radius 1 is 1.40 bits per heavy atom. The molecular formula is C12H18N2O. The molecule has 0 bridgehead atoms. The number of amides is 1. The second kappa shape index (κ2) is 4.62. The maximum Gasteiger partial charge on any atom is 0.237 e. The van der Waals surface area contributed by atoms with Crippen molar-refractivity contribution < 1.29 is 4.79 Å². The molecule has 0 unspecified atom stereocenters. The standard InChI is InChI=1S/C12H18N2O/c1-11-5-8-13(9-11)10-12(15)14-6-3-2-4-7-14/h2-3H,1,4-10H2. The van der Waals surface area contributed by atoms with Gasteiger partial charge >= 0.3 is 0 Å². The molecule has 15 heavy (non-hydrogen) atoms. The summed E-state index contributed by atoms with van der Waals surface area (Å²) in [5, 5.41) is 0. The van der Waals surface area contributed by atoms with Gasteiger partial charge in [-0.3, -0.25) is 9.69 Å². The molecule has 0 saturated carbocycles. The van der Waals surface area contributed by atoms with E-state index in [-0.39, 0.29) is 5.91 Å². The Morgan fingerprint density at radius 2 is 2.27 bits per heavy atom. The minimum Gasteiger partial charge on any atom is -0.338 e. The average Bonchev–Trinajstić information content (AvgIpc) is 2.65. The van der Waals surface area contributed by atoms with Crippen molar-refractivity contribution in [2.45, 2.75) is 12.8 Å². The van der Waals surface area contributed by atoms with Crippen molar-refractivity contribution in [3.05, 3.63) is 24.3 Å². The summed E-state index contributed by atoms with van der Waals surface area (Å²) in [5.41, 5.74) is 1.25. The molecule has 1 amide bonds. The molecule has 0 atom stereocenters. The number of hydrogen-bond donors (Lipinski definition) is 0. The lowest BCUT2D eigenvalue weighted by Crippen LogP contribution is -2.40. The van der Waals surface area contributed by atoms with Crippen LogP contribution in [0.1, 0.15) is 12.8 Å². The number of nitrogens with zero attached hydrogens (tertiary/aromatic N) is 2. The largest absolute Gasteiger partial charge is 0.338 e. The molecule has 2 aliphatic heterocycles. The highest BCUT2D eigenvalue weighted by Gasteiger charge is 2.21. The van der Waals surface area contributed by atoms with Crippen LogP contribution in [0.5, 0.6) is 0 Å². The summed E-state index contributed by atoms with van der Waals surface area (Å²) in [4.78, 5) is 16.0. The molecule has 0 aromatic heterocycles. The van der Waals surface area contributed by atoms with Gasteiger partial charge in [0.25, 0.3) is 0 Å². The van der Waals surface area contributed by atoms with Crippen molar-refractivity contribution in [3.8, 4) is 0 Å². The molecule has 0 aromatic carbocycles. The van der Waals surface area contributed by atoms with Gasteiger partial charge in [-0.05, 0) is 12.8 Å². The first-order valence-electron chi connectivity index (χ1n) is 5.57. The SMILES string of the molecule is C=C1CCN(CC(=O)N2CC=CCC2)C1. The van der Waals surface area contributed by atoms with Crippen LogP contribution >= 0.6 is 0 Å². The Kier molecular flexibility index (Phi) is 3.21. The van der Waals surface area contributed by atoms with E-state index in [4.69, 9.17) is 0 Å². The predicted molar refractivity (Wildman–Crippen MR) is 60.5 cm³/mol. The lowest BCUT2D eigenvalue weighted by atomic mass is 10.2. The third-order valence-electron chi connectivity index (χ3n) is 3.00. The lowest BCUT2D eigenvalue weighted by Gasteiger charge is -2.25. The van der Waals surface area contributed by atoms with Gasteiger partial charge in [-0.15, -0.1) is 0 Å². The Labute approximate surface area is 91.0 Å². The molecule has 2 aliphatic rings. The summed E-state index contributed by atoms with van der Waals surface area (Å²) in [7, 11) is 0. The van der Waals surface area contributed by atoms with Crippen molar-refractivity contribution >= 4 is 5.91 Å². The first-order valence-corrected chi connectivity index (χ1v) is 5.57. The molecule has 0 N–H and O–H groups in total. The molecule has 1 fully saturated rings. The maximum atomic E-state index is 11.9. The van der Waals surface area contributed by atoms with Gasteiger partial charge < -0.3 is 4.90 Å². The maximum absolute atomic E-state index is 11.9. The lowest BCUT2D eigenvalue weighted by molar-refractivity contribution is -0.131.